The zero-order valence-corrected chi connectivity index (χ0v) is 16.5. The van der Waals surface area contributed by atoms with Crippen molar-refractivity contribution >= 4 is 44.8 Å². The molecule has 0 aliphatic carbocycles. The van der Waals surface area contributed by atoms with Gasteiger partial charge in [-0.1, -0.05) is 40.2 Å². The maximum absolute atomic E-state index is 12.4. The van der Waals surface area contributed by atoms with E-state index in [0.29, 0.717) is 11.4 Å². The molecule has 6 heteroatoms. The van der Waals surface area contributed by atoms with Gasteiger partial charge in [0.15, 0.2) is 0 Å². The molecule has 0 saturated carbocycles. The number of carbonyl (C=O) groups is 2. The van der Waals surface area contributed by atoms with Crippen LogP contribution in [0.4, 0.5) is 5.69 Å². The van der Waals surface area contributed by atoms with Crippen molar-refractivity contribution in [2.75, 3.05) is 5.32 Å². The minimum Gasteiger partial charge on any atom is -0.347 e. The Morgan fingerprint density at radius 2 is 1.81 bits per heavy atom. The van der Waals surface area contributed by atoms with E-state index in [-0.39, 0.29) is 11.8 Å². The summed E-state index contributed by atoms with van der Waals surface area (Å²) in [5.74, 6) is -0.228. The molecule has 2 N–H and O–H groups in total. The normalized spacial score (nSPS) is 10.4. The maximum Gasteiger partial charge on any atom is 0.261 e. The van der Waals surface area contributed by atoms with Crippen LogP contribution >= 0.6 is 27.3 Å². The molecule has 0 aliphatic rings. The van der Waals surface area contributed by atoms with Crippen molar-refractivity contribution in [2.24, 2.45) is 0 Å². The van der Waals surface area contributed by atoms with Gasteiger partial charge in [0, 0.05) is 28.5 Å². The molecular weight excluding hydrogens is 412 g/mol. The van der Waals surface area contributed by atoms with Gasteiger partial charge in [0.25, 0.3) is 5.91 Å². The number of carbonyl (C=O) groups excluding carboxylic acids is 2. The molecule has 0 saturated heterocycles. The summed E-state index contributed by atoms with van der Waals surface area (Å²) in [6, 6.07) is 19.2. The van der Waals surface area contributed by atoms with E-state index in [1.807, 2.05) is 60.7 Å². The number of hydrogen-bond donors (Lipinski definition) is 2. The van der Waals surface area contributed by atoms with Gasteiger partial charge in [-0.25, -0.2) is 0 Å². The number of thiophene rings is 1. The van der Waals surface area contributed by atoms with Crippen LogP contribution in [0.25, 0.3) is 10.4 Å². The fourth-order valence-corrected chi connectivity index (χ4v) is 3.65. The Bertz CT molecular complexity index is 935. The molecule has 0 aliphatic heterocycles. The standard InChI is InChI=1S/C20H17BrN2O2S/c1-13(24)23-17-4-2-3-14(11-17)12-22-20(25)19-10-9-18(26-19)15-5-7-16(21)8-6-15/h2-11H,12H2,1H3,(H,22,25)(H,23,24). The first-order valence-corrected chi connectivity index (χ1v) is 9.63. The van der Waals surface area contributed by atoms with E-state index in [2.05, 4.69) is 26.6 Å². The van der Waals surface area contributed by atoms with Crippen molar-refractivity contribution < 1.29 is 9.59 Å². The maximum atomic E-state index is 12.4. The van der Waals surface area contributed by atoms with E-state index in [1.54, 1.807) is 0 Å². The molecule has 26 heavy (non-hydrogen) atoms. The Morgan fingerprint density at radius 1 is 1.04 bits per heavy atom. The lowest BCUT2D eigenvalue weighted by Gasteiger charge is -2.07. The van der Waals surface area contributed by atoms with Gasteiger partial charge in [0.05, 0.1) is 4.88 Å². The molecule has 0 fully saturated rings. The number of amides is 2. The number of halogens is 1. The zero-order chi connectivity index (χ0) is 18.5. The summed E-state index contributed by atoms with van der Waals surface area (Å²) in [6.07, 6.45) is 0. The summed E-state index contributed by atoms with van der Waals surface area (Å²) >= 11 is 4.89. The summed E-state index contributed by atoms with van der Waals surface area (Å²) in [5, 5.41) is 5.66. The van der Waals surface area contributed by atoms with Crippen LogP contribution in [-0.2, 0) is 11.3 Å². The largest absolute Gasteiger partial charge is 0.347 e. The number of rotatable bonds is 5. The SMILES string of the molecule is CC(=O)Nc1cccc(CNC(=O)c2ccc(-c3ccc(Br)cc3)s2)c1. The van der Waals surface area contributed by atoms with Crippen molar-refractivity contribution in [2.45, 2.75) is 13.5 Å². The highest BCUT2D eigenvalue weighted by molar-refractivity contribution is 9.10. The second kappa shape index (κ2) is 8.29. The molecule has 0 atom stereocenters. The molecule has 0 spiro atoms. The van der Waals surface area contributed by atoms with Crippen LogP contribution in [0.15, 0.2) is 65.1 Å². The van der Waals surface area contributed by atoms with Gasteiger partial charge in [0.2, 0.25) is 5.91 Å². The average molecular weight is 429 g/mol. The van der Waals surface area contributed by atoms with Crippen molar-refractivity contribution in [3.8, 4) is 10.4 Å². The van der Waals surface area contributed by atoms with Crippen LogP contribution in [0.5, 0.6) is 0 Å². The molecule has 2 amide bonds. The third-order valence-electron chi connectivity index (χ3n) is 3.66. The summed E-state index contributed by atoms with van der Waals surface area (Å²) in [7, 11) is 0. The lowest BCUT2D eigenvalue weighted by molar-refractivity contribution is -0.114. The second-order valence-corrected chi connectivity index (χ2v) is 7.73. The first-order valence-electron chi connectivity index (χ1n) is 8.02. The van der Waals surface area contributed by atoms with Gasteiger partial charge >= 0.3 is 0 Å². The zero-order valence-electron chi connectivity index (χ0n) is 14.1. The van der Waals surface area contributed by atoms with Gasteiger partial charge in [-0.15, -0.1) is 11.3 Å². The van der Waals surface area contributed by atoms with Crippen molar-refractivity contribution in [3.63, 3.8) is 0 Å². The molecule has 3 aromatic rings. The third-order valence-corrected chi connectivity index (χ3v) is 5.32. The van der Waals surface area contributed by atoms with Gasteiger partial charge in [0.1, 0.15) is 0 Å². The fraction of sp³-hybridized carbons (Fsp3) is 0.100. The molecule has 4 nitrogen and oxygen atoms in total. The molecule has 0 unspecified atom stereocenters. The van der Waals surface area contributed by atoms with Crippen LogP contribution in [0.1, 0.15) is 22.2 Å². The molecule has 0 radical (unpaired) electrons. The van der Waals surface area contributed by atoms with Crippen molar-refractivity contribution in [3.05, 3.63) is 75.6 Å². The van der Waals surface area contributed by atoms with Crippen LogP contribution in [0.3, 0.4) is 0 Å². The minimum absolute atomic E-state index is 0.108. The lowest BCUT2D eigenvalue weighted by atomic mass is 10.2. The van der Waals surface area contributed by atoms with E-state index < -0.39 is 0 Å². The summed E-state index contributed by atoms with van der Waals surface area (Å²) in [4.78, 5) is 25.3. The van der Waals surface area contributed by atoms with Gasteiger partial charge in [-0.2, -0.15) is 0 Å². The molecule has 2 aromatic carbocycles. The second-order valence-electron chi connectivity index (χ2n) is 5.74. The number of benzene rings is 2. The van der Waals surface area contributed by atoms with Crippen LogP contribution in [-0.4, -0.2) is 11.8 Å². The molecule has 3 rings (SSSR count). The van der Waals surface area contributed by atoms with Gasteiger partial charge in [-0.3, -0.25) is 9.59 Å². The number of anilines is 1. The Morgan fingerprint density at radius 3 is 2.54 bits per heavy atom. The highest BCUT2D eigenvalue weighted by atomic mass is 79.9. The number of hydrogen-bond acceptors (Lipinski definition) is 3. The summed E-state index contributed by atoms with van der Waals surface area (Å²) < 4.78 is 1.03. The Kier molecular flexibility index (Phi) is 5.85. The van der Waals surface area contributed by atoms with E-state index in [0.717, 1.165) is 26.2 Å². The van der Waals surface area contributed by atoms with Gasteiger partial charge < -0.3 is 10.6 Å². The Balaban J connectivity index is 1.64. The van der Waals surface area contributed by atoms with Crippen molar-refractivity contribution in [1.82, 2.24) is 5.32 Å². The third kappa shape index (κ3) is 4.80. The quantitative estimate of drug-likeness (QED) is 0.595. The summed E-state index contributed by atoms with van der Waals surface area (Å²) in [6.45, 7) is 1.87. The monoisotopic (exact) mass is 428 g/mol. The topological polar surface area (TPSA) is 58.2 Å². The van der Waals surface area contributed by atoms with Crippen LogP contribution < -0.4 is 10.6 Å². The Hall–Kier alpha value is -2.44. The smallest absolute Gasteiger partial charge is 0.261 e. The Labute approximate surface area is 164 Å². The molecular formula is C20H17BrN2O2S. The van der Waals surface area contributed by atoms with E-state index in [4.69, 9.17) is 0 Å². The first-order chi connectivity index (χ1) is 12.5. The fourth-order valence-electron chi connectivity index (χ4n) is 2.46. The average Bonchev–Trinajstić information content (AvgIpc) is 3.10. The van der Waals surface area contributed by atoms with Crippen LogP contribution in [0, 0.1) is 0 Å². The molecule has 0 bridgehead atoms. The first kappa shape index (κ1) is 18.4. The highest BCUT2D eigenvalue weighted by Gasteiger charge is 2.10. The molecule has 1 aromatic heterocycles. The lowest BCUT2D eigenvalue weighted by Crippen LogP contribution is -2.21. The van der Waals surface area contributed by atoms with E-state index in [9.17, 15) is 9.59 Å². The molecule has 1 heterocycles. The predicted molar refractivity (Wildman–Crippen MR) is 109 cm³/mol. The predicted octanol–water partition coefficient (Wildman–Crippen LogP) is 5.07. The van der Waals surface area contributed by atoms with Crippen LogP contribution in [0.2, 0.25) is 0 Å². The summed E-state index contributed by atoms with van der Waals surface area (Å²) in [5.41, 5.74) is 2.73. The van der Waals surface area contributed by atoms with E-state index in [1.165, 1.54) is 18.3 Å². The van der Waals surface area contributed by atoms with E-state index >= 15 is 0 Å². The van der Waals surface area contributed by atoms with Gasteiger partial charge in [-0.05, 0) is 47.5 Å². The molecule has 132 valence electrons. The minimum atomic E-state index is -0.120. The highest BCUT2D eigenvalue weighted by Crippen LogP contribution is 2.29. The van der Waals surface area contributed by atoms with Crippen molar-refractivity contribution in [1.29, 1.82) is 0 Å². The number of nitrogens with one attached hydrogen (secondary N) is 2.